The van der Waals surface area contributed by atoms with Crippen molar-refractivity contribution in [2.45, 2.75) is 52.9 Å². The number of anilines is 1. The molecule has 3 atom stereocenters. The van der Waals surface area contributed by atoms with Crippen LogP contribution in [0.4, 0.5) is 5.69 Å². The Balaban J connectivity index is 1.74. The molecule has 0 radical (unpaired) electrons. The van der Waals surface area contributed by atoms with E-state index in [4.69, 9.17) is 0 Å². The van der Waals surface area contributed by atoms with E-state index in [1.165, 1.54) is 6.42 Å². The van der Waals surface area contributed by atoms with Gasteiger partial charge in [-0.1, -0.05) is 27.2 Å². The number of carbonyl (C=O) groups is 2. The van der Waals surface area contributed by atoms with Crippen molar-refractivity contribution in [3.05, 3.63) is 29.3 Å². The van der Waals surface area contributed by atoms with E-state index >= 15 is 0 Å². The number of hydrogen-bond donors (Lipinski definition) is 1. The molecule has 2 aliphatic rings. The number of aryl methyl sites for hydroxylation is 1. The molecule has 1 N–H and O–H groups in total. The second-order valence-electron chi connectivity index (χ2n) is 7.72. The molecular formula is C20H27NO2. The molecule has 1 aromatic rings. The van der Waals surface area contributed by atoms with Gasteiger partial charge in [0.2, 0.25) is 5.91 Å². The van der Waals surface area contributed by atoms with Crippen LogP contribution in [0.2, 0.25) is 0 Å². The summed E-state index contributed by atoms with van der Waals surface area (Å²) >= 11 is 0. The average Bonchev–Trinajstić information content (AvgIpc) is 2.87. The standard InChI is InChI=1S/C20H27NO2/c1-12(2)16-7-4-13(3)10-18(16)20(23)21-15-6-8-17-14(11-15)5-9-19(17)22/h6,8,11-13,16,18H,4-5,7,9-10H2,1-3H3,(H,21,23)/t13-,16+,18-/m1/s1. The maximum absolute atomic E-state index is 12.8. The minimum atomic E-state index is 0.105. The number of rotatable bonds is 3. The van der Waals surface area contributed by atoms with Crippen molar-refractivity contribution in [3.63, 3.8) is 0 Å². The van der Waals surface area contributed by atoms with Gasteiger partial charge in [0.25, 0.3) is 0 Å². The zero-order valence-electron chi connectivity index (χ0n) is 14.4. The van der Waals surface area contributed by atoms with Crippen LogP contribution in [-0.4, -0.2) is 11.7 Å². The number of benzene rings is 1. The normalized spacial score (nSPS) is 27.1. The van der Waals surface area contributed by atoms with Crippen molar-refractivity contribution >= 4 is 17.4 Å². The maximum Gasteiger partial charge on any atom is 0.227 e. The fourth-order valence-corrected chi connectivity index (χ4v) is 4.27. The molecule has 0 bridgehead atoms. The third-order valence-corrected chi connectivity index (χ3v) is 5.65. The van der Waals surface area contributed by atoms with E-state index in [9.17, 15) is 9.59 Å². The highest BCUT2D eigenvalue weighted by atomic mass is 16.2. The molecule has 3 rings (SSSR count). The summed E-state index contributed by atoms with van der Waals surface area (Å²) < 4.78 is 0. The Morgan fingerprint density at radius 1 is 1.22 bits per heavy atom. The summed E-state index contributed by atoms with van der Waals surface area (Å²) in [7, 11) is 0. The van der Waals surface area contributed by atoms with Gasteiger partial charge in [-0.2, -0.15) is 0 Å². The van der Waals surface area contributed by atoms with Crippen molar-refractivity contribution in [2.24, 2.45) is 23.7 Å². The van der Waals surface area contributed by atoms with Crippen LogP contribution in [0.25, 0.3) is 0 Å². The summed E-state index contributed by atoms with van der Waals surface area (Å²) in [5, 5.41) is 3.11. The summed E-state index contributed by atoms with van der Waals surface area (Å²) in [5.74, 6) is 2.11. The fraction of sp³-hybridized carbons (Fsp3) is 0.600. The average molecular weight is 313 g/mol. The van der Waals surface area contributed by atoms with Gasteiger partial charge in [-0.25, -0.2) is 0 Å². The van der Waals surface area contributed by atoms with Crippen molar-refractivity contribution in [1.82, 2.24) is 0 Å². The number of amides is 1. The summed E-state index contributed by atoms with van der Waals surface area (Å²) in [6.45, 7) is 6.70. The molecule has 0 aromatic heterocycles. The molecule has 3 heteroatoms. The molecule has 0 saturated heterocycles. The molecule has 1 fully saturated rings. The molecule has 0 unspecified atom stereocenters. The third-order valence-electron chi connectivity index (χ3n) is 5.65. The molecule has 1 aromatic carbocycles. The van der Waals surface area contributed by atoms with Crippen LogP contribution >= 0.6 is 0 Å². The molecule has 3 nitrogen and oxygen atoms in total. The number of Topliss-reactive ketones (excluding diaryl/α,β-unsaturated/α-hetero) is 1. The second-order valence-corrected chi connectivity index (χ2v) is 7.72. The van der Waals surface area contributed by atoms with Crippen molar-refractivity contribution in [3.8, 4) is 0 Å². The zero-order valence-corrected chi connectivity index (χ0v) is 14.4. The van der Waals surface area contributed by atoms with Gasteiger partial charge < -0.3 is 5.32 Å². The lowest BCUT2D eigenvalue weighted by Gasteiger charge is -2.36. The highest BCUT2D eigenvalue weighted by molar-refractivity contribution is 6.01. The van der Waals surface area contributed by atoms with Crippen LogP contribution in [0.3, 0.4) is 0 Å². The molecule has 0 heterocycles. The summed E-state index contributed by atoms with van der Waals surface area (Å²) in [6.07, 6.45) is 4.76. The topological polar surface area (TPSA) is 46.2 Å². The van der Waals surface area contributed by atoms with Crippen LogP contribution in [-0.2, 0) is 11.2 Å². The first-order chi connectivity index (χ1) is 11.0. The molecule has 0 aliphatic heterocycles. The maximum atomic E-state index is 12.8. The van der Waals surface area contributed by atoms with Crippen LogP contribution < -0.4 is 5.32 Å². The fourth-order valence-electron chi connectivity index (χ4n) is 4.27. The first-order valence-electron chi connectivity index (χ1n) is 8.92. The Morgan fingerprint density at radius 2 is 2.00 bits per heavy atom. The number of nitrogens with one attached hydrogen (secondary N) is 1. The Labute approximate surface area is 138 Å². The number of fused-ring (bicyclic) bond motifs is 1. The Kier molecular flexibility index (Phi) is 4.56. The number of ketones is 1. The highest BCUT2D eigenvalue weighted by Gasteiger charge is 2.35. The first kappa shape index (κ1) is 16.2. The first-order valence-corrected chi connectivity index (χ1v) is 8.92. The van der Waals surface area contributed by atoms with Gasteiger partial charge in [-0.3, -0.25) is 9.59 Å². The van der Waals surface area contributed by atoms with E-state index in [1.807, 2.05) is 18.2 Å². The molecule has 23 heavy (non-hydrogen) atoms. The number of carbonyl (C=O) groups excluding carboxylic acids is 2. The van der Waals surface area contributed by atoms with E-state index in [2.05, 4.69) is 26.1 Å². The van der Waals surface area contributed by atoms with E-state index in [1.54, 1.807) is 0 Å². The SMILES string of the molecule is CC(C)[C@@H]1CC[C@@H](C)C[C@H]1C(=O)Nc1ccc2c(c1)CCC2=O. The molecule has 0 spiro atoms. The highest BCUT2D eigenvalue weighted by Crippen LogP contribution is 2.38. The van der Waals surface area contributed by atoms with Gasteiger partial charge >= 0.3 is 0 Å². The Morgan fingerprint density at radius 3 is 2.74 bits per heavy atom. The summed E-state index contributed by atoms with van der Waals surface area (Å²) in [6, 6.07) is 5.72. The Hall–Kier alpha value is -1.64. The van der Waals surface area contributed by atoms with E-state index < -0.39 is 0 Å². The molecule has 1 saturated carbocycles. The lowest BCUT2D eigenvalue weighted by atomic mass is 9.70. The predicted molar refractivity (Wildman–Crippen MR) is 92.6 cm³/mol. The van der Waals surface area contributed by atoms with Gasteiger partial charge in [-0.15, -0.1) is 0 Å². The minimum absolute atomic E-state index is 0.105. The van der Waals surface area contributed by atoms with Gasteiger partial charge in [-0.05, 0) is 60.8 Å². The van der Waals surface area contributed by atoms with Gasteiger partial charge in [0.15, 0.2) is 5.78 Å². The molecule has 124 valence electrons. The minimum Gasteiger partial charge on any atom is -0.326 e. The zero-order chi connectivity index (χ0) is 16.6. The van der Waals surface area contributed by atoms with Crippen molar-refractivity contribution in [2.75, 3.05) is 5.32 Å². The monoisotopic (exact) mass is 313 g/mol. The molecular weight excluding hydrogens is 286 g/mol. The predicted octanol–water partition coefficient (Wildman–Crippen LogP) is 4.46. The van der Waals surface area contributed by atoms with Crippen LogP contribution in [0, 0.1) is 23.7 Å². The lowest BCUT2D eigenvalue weighted by Crippen LogP contribution is -2.36. The smallest absolute Gasteiger partial charge is 0.227 e. The van der Waals surface area contributed by atoms with E-state index in [0.717, 1.165) is 36.1 Å². The largest absolute Gasteiger partial charge is 0.326 e. The van der Waals surface area contributed by atoms with Crippen molar-refractivity contribution in [1.29, 1.82) is 0 Å². The van der Waals surface area contributed by atoms with E-state index in [-0.39, 0.29) is 17.6 Å². The molecule has 2 aliphatic carbocycles. The van der Waals surface area contributed by atoms with Crippen molar-refractivity contribution < 1.29 is 9.59 Å². The molecule has 1 amide bonds. The van der Waals surface area contributed by atoms with Gasteiger partial charge in [0, 0.05) is 23.6 Å². The second kappa shape index (κ2) is 6.46. The Bertz CT molecular complexity index is 620. The third kappa shape index (κ3) is 3.34. The van der Waals surface area contributed by atoms with Crippen LogP contribution in [0.15, 0.2) is 18.2 Å². The van der Waals surface area contributed by atoms with Gasteiger partial charge in [0.05, 0.1) is 0 Å². The van der Waals surface area contributed by atoms with E-state index in [0.29, 0.717) is 24.2 Å². The lowest BCUT2D eigenvalue weighted by molar-refractivity contribution is -0.123. The van der Waals surface area contributed by atoms with Crippen LogP contribution in [0.5, 0.6) is 0 Å². The van der Waals surface area contributed by atoms with Gasteiger partial charge in [0.1, 0.15) is 0 Å². The summed E-state index contributed by atoms with van der Waals surface area (Å²) in [5.41, 5.74) is 2.74. The number of hydrogen-bond acceptors (Lipinski definition) is 2. The quantitative estimate of drug-likeness (QED) is 0.895. The summed E-state index contributed by atoms with van der Waals surface area (Å²) in [4.78, 5) is 24.5. The van der Waals surface area contributed by atoms with Crippen LogP contribution in [0.1, 0.15) is 62.4 Å².